The Labute approximate surface area is 104 Å². The third kappa shape index (κ3) is 2.46. The lowest BCUT2D eigenvalue weighted by Crippen LogP contribution is -2.21. The number of hydrogen-bond acceptors (Lipinski definition) is 5. The number of anilines is 1. The molecule has 0 aliphatic heterocycles. The quantitative estimate of drug-likeness (QED) is 0.500. The second kappa shape index (κ2) is 5.27. The van der Waals surface area contributed by atoms with Crippen molar-refractivity contribution < 1.29 is 4.92 Å². The van der Waals surface area contributed by atoms with Crippen LogP contribution in [-0.2, 0) is 0 Å². The third-order valence-corrected chi connectivity index (χ3v) is 2.84. The number of nitrogens with one attached hydrogen (secondary N) is 1. The molecule has 6 heteroatoms. The van der Waals surface area contributed by atoms with Crippen molar-refractivity contribution in [2.45, 2.75) is 25.3 Å². The van der Waals surface area contributed by atoms with E-state index in [9.17, 15) is 10.1 Å². The minimum atomic E-state index is -0.563. The van der Waals surface area contributed by atoms with E-state index < -0.39 is 4.92 Å². The van der Waals surface area contributed by atoms with E-state index in [0.717, 1.165) is 19.3 Å². The lowest BCUT2D eigenvalue weighted by atomic mass is 10.0. The fraction of sp³-hybridized carbons (Fsp3) is 0.333. The van der Waals surface area contributed by atoms with Gasteiger partial charge in [-0.05, 0) is 25.3 Å². The zero-order chi connectivity index (χ0) is 13.0. The lowest BCUT2D eigenvalue weighted by molar-refractivity contribution is -0.384. The molecular weight excluding hydrogens is 232 g/mol. The Morgan fingerprint density at radius 1 is 1.56 bits per heavy atom. The van der Waals surface area contributed by atoms with Crippen molar-refractivity contribution >= 4 is 11.5 Å². The number of allylic oxidation sites excluding steroid dienone is 1. The van der Waals surface area contributed by atoms with Crippen LogP contribution in [0.4, 0.5) is 11.5 Å². The standard InChI is InChI=1S/C12H12N4O2/c13-8-9-6-7-14-12(11(9)16(17)18)15-10-4-2-1-3-5-10/h1-2,6-7,10H,3-5H2,(H,14,15). The molecule has 1 aliphatic carbocycles. The number of rotatable bonds is 3. The minimum absolute atomic E-state index is 0.0313. The van der Waals surface area contributed by atoms with E-state index in [1.807, 2.05) is 12.1 Å². The maximum absolute atomic E-state index is 11.0. The molecule has 1 N–H and O–H groups in total. The zero-order valence-corrected chi connectivity index (χ0v) is 9.67. The van der Waals surface area contributed by atoms with Crippen LogP contribution in [0.3, 0.4) is 0 Å². The molecule has 92 valence electrons. The van der Waals surface area contributed by atoms with Gasteiger partial charge in [0.25, 0.3) is 0 Å². The van der Waals surface area contributed by atoms with Crippen LogP contribution in [0.1, 0.15) is 24.8 Å². The Morgan fingerprint density at radius 2 is 2.39 bits per heavy atom. The fourth-order valence-corrected chi connectivity index (χ4v) is 1.95. The van der Waals surface area contributed by atoms with E-state index in [1.165, 1.54) is 12.3 Å². The zero-order valence-electron chi connectivity index (χ0n) is 9.67. The number of nitriles is 1. The molecule has 0 saturated carbocycles. The predicted molar refractivity (Wildman–Crippen MR) is 66.0 cm³/mol. The van der Waals surface area contributed by atoms with Gasteiger partial charge in [-0.2, -0.15) is 5.26 Å². The highest BCUT2D eigenvalue weighted by atomic mass is 16.6. The van der Waals surface area contributed by atoms with Gasteiger partial charge in [0.1, 0.15) is 11.6 Å². The molecule has 0 amide bonds. The highest BCUT2D eigenvalue weighted by Crippen LogP contribution is 2.27. The number of pyridine rings is 1. The molecular formula is C12H12N4O2. The van der Waals surface area contributed by atoms with Gasteiger partial charge in [0, 0.05) is 12.2 Å². The molecule has 0 fully saturated rings. The van der Waals surface area contributed by atoms with Gasteiger partial charge in [-0.1, -0.05) is 12.2 Å². The van der Waals surface area contributed by atoms with E-state index in [2.05, 4.69) is 16.4 Å². The van der Waals surface area contributed by atoms with Crippen LogP contribution in [0, 0.1) is 21.4 Å². The molecule has 1 unspecified atom stereocenters. The summed E-state index contributed by atoms with van der Waals surface area (Å²) in [4.78, 5) is 14.4. The summed E-state index contributed by atoms with van der Waals surface area (Å²) in [7, 11) is 0. The van der Waals surface area contributed by atoms with Gasteiger partial charge in [0.2, 0.25) is 5.82 Å². The largest absolute Gasteiger partial charge is 0.361 e. The smallest absolute Gasteiger partial charge is 0.328 e. The Balaban J connectivity index is 2.29. The summed E-state index contributed by atoms with van der Waals surface area (Å²) in [6.07, 6.45) is 8.21. The second-order valence-corrected chi connectivity index (χ2v) is 4.05. The van der Waals surface area contributed by atoms with Crippen LogP contribution in [0.25, 0.3) is 0 Å². The fourth-order valence-electron chi connectivity index (χ4n) is 1.95. The highest BCUT2D eigenvalue weighted by molar-refractivity contribution is 5.64. The molecule has 0 radical (unpaired) electrons. The van der Waals surface area contributed by atoms with Gasteiger partial charge in [-0.25, -0.2) is 4.98 Å². The summed E-state index contributed by atoms with van der Waals surface area (Å²) in [5, 5.41) is 22.9. The van der Waals surface area contributed by atoms with Crippen LogP contribution >= 0.6 is 0 Å². The van der Waals surface area contributed by atoms with Gasteiger partial charge < -0.3 is 5.32 Å². The average Bonchev–Trinajstić information content (AvgIpc) is 2.39. The summed E-state index contributed by atoms with van der Waals surface area (Å²) in [6.45, 7) is 0. The Kier molecular flexibility index (Phi) is 3.53. The topological polar surface area (TPSA) is 91.8 Å². The van der Waals surface area contributed by atoms with Gasteiger partial charge in [0.05, 0.1) is 4.92 Å². The molecule has 1 atom stereocenters. The van der Waals surface area contributed by atoms with Crippen molar-refractivity contribution in [2.75, 3.05) is 5.32 Å². The van der Waals surface area contributed by atoms with E-state index >= 15 is 0 Å². The number of hydrogen-bond donors (Lipinski definition) is 1. The maximum atomic E-state index is 11.0. The van der Waals surface area contributed by atoms with Gasteiger partial charge >= 0.3 is 5.69 Å². The first kappa shape index (κ1) is 12.0. The molecule has 0 spiro atoms. The van der Waals surface area contributed by atoms with Crippen LogP contribution < -0.4 is 5.32 Å². The average molecular weight is 244 g/mol. The van der Waals surface area contributed by atoms with Crippen molar-refractivity contribution in [1.82, 2.24) is 4.98 Å². The molecule has 0 aromatic carbocycles. The Hall–Kier alpha value is -2.42. The second-order valence-electron chi connectivity index (χ2n) is 4.05. The number of aromatic nitrogens is 1. The summed E-state index contributed by atoms with van der Waals surface area (Å²) < 4.78 is 0. The number of nitro groups is 1. The van der Waals surface area contributed by atoms with Gasteiger partial charge in [-0.3, -0.25) is 10.1 Å². The highest BCUT2D eigenvalue weighted by Gasteiger charge is 2.23. The molecule has 2 rings (SSSR count). The van der Waals surface area contributed by atoms with Crippen LogP contribution in [-0.4, -0.2) is 15.9 Å². The Morgan fingerprint density at radius 3 is 3.00 bits per heavy atom. The molecule has 6 nitrogen and oxygen atoms in total. The molecule has 18 heavy (non-hydrogen) atoms. The van der Waals surface area contributed by atoms with E-state index in [-0.39, 0.29) is 23.1 Å². The monoisotopic (exact) mass is 244 g/mol. The SMILES string of the molecule is N#Cc1ccnc(NC2CC=CCC2)c1[N+](=O)[O-]. The van der Waals surface area contributed by atoms with Crippen molar-refractivity contribution in [3.63, 3.8) is 0 Å². The van der Waals surface area contributed by atoms with Crippen LogP contribution in [0.15, 0.2) is 24.4 Å². The van der Waals surface area contributed by atoms with Crippen LogP contribution in [0.2, 0.25) is 0 Å². The molecule has 1 aliphatic rings. The summed E-state index contributed by atoms with van der Waals surface area (Å²) in [5.74, 6) is 0.180. The third-order valence-electron chi connectivity index (χ3n) is 2.84. The number of nitrogens with zero attached hydrogens (tertiary/aromatic N) is 3. The summed E-state index contributed by atoms with van der Waals surface area (Å²) in [6, 6.07) is 3.30. The predicted octanol–water partition coefficient (Wildman–Crippen LogP) is 2.38. The maximum Gasteiger partial charge on any atom is 0.328 e. The normalized spacial score (nSPS) is 18.1. The molecule has 1 heterocycles. The van der Waals surface area contributed by atoms with E-state index in [4.69, 9.17) is 5.26 Å². The molecule has 0 saturated heterocycles. The molecule has 1 aromatic rings. The molecule has 1 aromatic heterocycles. The Bertz CT molecular complexity index is 533. The summed E-state index contributed by atoms with van der Waals surface area (Å²) >= 11 is 0. The molecule has 0 bridgehead atoms. The summed E-state index contributed by atoms with van der Waals surface area (Å²) in [5.41, 5.74) is -0.210. The first-order chi connectivity index (χ1) is 8.72. The van der Waals surface area contributed by atoms with E-state index in [1.54, 1.807) is 0 Å². The van der Waals surface area contributed by atoms with E-state index in [0.29, 0.717) is 0 Å². The lowest BCUT2D eigenvalue weighted by Gasteiger charge is -2.19. The first-order valence-corrected chi connectivity index (χ1v) is 5.67. The van der Waals surface area contributed by atoms with Crippen molar-refractivity contribution in [3.8, 4) is 6.07 Å². The minimum Gasteiger partial charge on any atom is -0.361 e. The van der Waals surface area contributed by atoms with Crippen LogP contribution in [0.5, 0.6) is 0 Å². The van der Waals surface area contributed by atoms with Crippen molar-refractivity contribution in [1.29, 1.82) is 5.26 Å². The van der Waals surface area contributed by atoms with Crippen molar-refractivity contribution in [3.05, 3.63) is 40.1 Å². The van der Waals surface area contributed by atoms with Gasteiger partial charge in [-0.15, -0.1) is 0 Å². The first-order valence-electron chi connectivity index (χ1n) is 5.67. The van der Waals surface area contributed by atoms with Crippen molar-refractivity contribution in [2.24, 2.45) is 0 Å². The van der Waals surface area contributed by atoms with Gasteiger partial charge in [0.15, 0.2) is 0 Å².